The van der Waals surface area contributed by atoms with Gasteiger partial charge in [-0.25, -0.2) is 4.68 Å². The monoisotopic (exact) mass is 269 g/mol. The molecule has 0 saturated carbocycles. The predicted molar refractivity (Wildman–Crippen MR) is 68.8 cm³/mol. The Hall–Kier alpha value is -1.73. The smallest absolute Gasteiger partial charge is 0.272 e. The fraction of sp³-hybridized carbons (Fsp3) is 0.583. The highest BCUT2D eigenvalue weighted by atomic mass is 16.3. The molecule has 0 radical (unpaired) electrons. The molecule has 3 N–H and O–H groups in total. The van der Waals surface area contributed by atoms with Gasteiger partial charge in [-0.05, 0) is 12.5 Å². The maximum atomic E-state index is 11.8. The molecule has 7 nitrogen and oxygen atoms in total. The maximum Gasteiger partial charge on any atom is 0.272 e. The SMILES string of the molecule is CCCCn1nc(C(=O)NC(CO)CO)ccc1=O. The van der Waals surface area contributed by atoms with Gasteiger partial charge in [0.2, 0.25) is 0 Å². The van der Waals surface area contributed by atoms with Crippen molar-refractivity contribution in [2.45, 2.75) is 32.4 Å². The van der Waals surface area contributed by atoms with Crippen LogP contribution in [0, 0.1) is 0 Å². The minimum Gasteiger partial charge on any atom is -0.394 e. The normalized spacial score (nSPS) is 10.7. The van der Waals surface area contributed by atoms with E-state index in [0.29, 0.717) is 6.54 Å². The molecule has 0 aliphatic heterocycles. The Morgan fingerprint density at radius 2 is 2.11 bits per heavy atom. The second-order valence-corrected chi connectivity index (χ2v) is 4.17. The van der Waals surface area contributed by atoms with Crippen molar-refractivity contribution in [3.05, 3.63) is 28.2 Å². The van der Waals surface area contributed by atoms with Gasteiger partial charge in [0.25, 0.3) is 11.5 Å². The summed E-state index contributed by atoms with van der Waals surface area (Å²) in [5.74, 6) is -0.529. The summed E-state index contributed by atoms with van der Waals surface area (Å²) in [6, 6.07) is 1.88. The lowest BCUT2D eigenvalue weighted by Gasteiger charge is -2.13. The van der Waals surface area contributed by atoms with E-state index in [1.165, 1.54) is 16.8 Å². The van der Waals surface area contributed by atoms with Gasteiger partial charge in [0.1, 0.15) is 5.69 Å². The molecule has 0 bridgehead atoms. The molecule has 1 rings (SSSR count). The number of hydrogen-bond acceptors (Lipinski definition) is 5. The van der Waals surface area contributed by atoms with E-state index in [4.69, 9.17) is 10.2 Å². The molecule has 0 fully saturated rings. The number of aryl methyl sites for hydroxylation is 1. The molecule has 19 heavy (non-hydrogen) atoms. The highest BCUT2D eigenvalue weighted by Gasteiger charge is 2.14. The molecule has 1 amide bonds. The molecule has 7 heteroatoms. The molecule has 1 heterocycles. The van der Waals surface area contributed by atoms with E-state index >= 15 is 0 Å². The lowest BCUT2D eigenvalue weighted by atomic mass is 10.3. The Balaban J connectivity index is 2.83. The third-order valence-corrected chi connectivity index (χ3v) is 2.60. The quantitative estimate of drug-likeness (QED) is 0.596. The topological polar surface area (TPSA) is 104 Å². The summed E-state index contributed by atoms with van der Waals surface area (Å²) in [5.41, 5.74) is -0.173. The molecule has 0 unspecified atom stereocenters. The molecule has 1 aromatic heterocycles. The lowest BCUT2D eigenvalue weighted by Crippen LogP contribution is -2.41. The van der Waals surface area contributed by atoms with Crippen LogP contribution in [0.15, 0.2) is 16.9 Å². The van der Waals surface area contributed by atoms with Crippen molar-refractivity contribution in [3.8, 4) is 0 Å². The number of amides is 1. The number of carbonyl (C=O) groups excluding carboxylic acids is 1. The largest absolute Gasteiger partial charge is 0.394 e. The summed E-state index contributed by atoms with van der Waals surface area (Å²) in [6.07, 6.45) is 1.72. The van der Waals surface area contributed by atoms with Crippen LogP contribution in [0.2, 0.25) is 0 Å². The Kier molecular flexibility index (Phi) is 6.17. The van der Waals surface area contributed by atoms with Crippen LogP contribution in [0.4, 0.5) is 0 Å². The summed E-state index contributed by atoms with van der Waals surface area (Å²) in [5, 5.41) is 24.2. The second-order valence-electron chi connectivity index (χ2n) is 4.17. The fourth-order valence-corrected chi connectivity index (χ4v) is 1.45. The van der Waals surface area contributed by atoms with Gasteiger partial charge in [0, 0.05) is 12.6 Å². The van der Waals surface area contributed by atoms with E-state index in [9.17, 15) is 9.59 Å². The third kappa shape index (κ3) is 4.46. The minimum atomic E-state index is -0.731. The van der Waals surface area contributed by atoms with Gasteiger partial charge in [-0.3, -0.25) is 9.59 Å². The average molecular weight is 269 g/mol. The van der Waals surface area contributed by atoms with Crippen molar-refractivity contribution in [2.24, 2.45) is 0 Å². The zero-order chi connectivity index (χ0) is 14.3. The van der Waals surface area contributed by atoms with Crippen LogP contribution >= 0.6 is 0 Å². The average Bonchev–Trinajstić information content (AvgIpc) is 2.43. The van der Waals surface area contributed by atoms with Crippen molar-refractivity contribution in [1.82, 2.24) is 15.1 Å². The standard InChI is InChI=1S/C12H19N3O4/c1-2-3-6-15-11(18)5-4-10(14-15)12(19)13-9(7-16)8-17/h4-5,9,16-17H,2-3,6-8H2,1H3,(H,13,19). The van der Waals surface area contributed by atoms with Gasteiger partial charge in [-0.1, -0.05) is 13.3 Å². The molecule has 0 atom stereocenters. The zero-order valence-corrected chi connectivity index (χ0v) is 10.9. The van der Waals surface area contributed by atoms with Crippen LogP contribution in [0.1, 0.15) is 30.3 Å². The van der Waals surface area contributed by atoms with Crippen LogP contribution < -0.4 is 10.9 Å². The number of unbranched alkanes of at least 4 members (excludes halogenated alkanes) is 1. The van der Waals surface area contributed by atoms with Crippen molar-refractivity contribution in [1.29, 1.82) is 0 Å². The molecule has 0 aliphatic carbocycles. The predicted octanol–water partition coefficient (Wildman–Crippen LogP) is -0.874. The first-order chi connectivity index (χ1) is 9.12. The third-order valence-electron chi connectivity index (χ3n) is 2.60. The highest BCUT2D eigenvalue weighted by molar-refractivity contribution is 5.92. The van der Waals surface area contributed by atoms with Gasteiger partial charge < -0.3 is 15.5 Å². The second kappa shape index (κ2) is 7.65. The summed E-state index contributed by atoms with van der Waals surface area (Å²) in [4.78, 5) is 23.3. The Labute approximate surface area is 110 Å². The Morgan fingerprint density at radius 1 is 1.42 bits per heavy atom. The van der Waals surface area contributed by atoms with Crippen molar-refractivity contribution in [2.75, 3.05) is 13.2 Å². The molecule has 106 valence electrons. The van der Waals surface area contributed by atoms with Gasteiger partial charge in [0.05, 0.1) is 19.3 Å². The van der Waals surface area contributed by atoms with E-state index < -0.39 is 11.9 Å². The first-order valence-electron chi connectivity index (χ1n) is 6.23. The molecular formula is C12H19N3O4. The van der Waals surface area contributed by atoms with Gasteiger partial charge in [0.15, 0.2) is 0 Å². The van der Waals surface area contributed by atoms with Crippen molar-refractivity contribution < 1.29 is 15.0 Å². The Bertz CT molecular complexity index is 468. The molecule has 0 spiro atoms. The minimum absolute atomic E-state index is 0.0857. The number of aliphatic hydroxyl groups excluding tert-OH is 2. The summed E-state index contributed by atoms with van der Waals surface area (Å²) < 4.78 is 1.24. The summed E-state index contributed by atoms with van der Waals surface area (Å²) >= 11 is 0. The molecule has 0 aromatic carbocycles. The van der Waals surface area contributed by atoms with Gasteiger partial charge in [-0.15, -0.1) is 0 Å². The Morgan fingerprint density at radius 3 is 2.68 bits per heavy atom. The van der Waals surface area contributed by atoms with Crippen LogP contribution in [0.3, 0.4) is 0 Å². The summed E-state index contributed by atoms with van der Waals surface area (Å²) in [6.45, 7) is 1.73. The molecule has 0 aliphatic rings. The number of aromatic nitrogens is 2. The van der Waals surface area contributed by atoms with Crippen molar-refractivity contribution >= 4 is 5.91 Å². The number of aliphatic hydroxyl groups is 2. The first-order valence-corrected chi connectivity index (χ1v) is 6.23. The van der Waals surface area contributed by atoms with E-state index in [2.05, 4.69) is 10.4 Å². The van der Waals surface area contributed by atoms with Gasteiger partial charge in [-0.2, -0.15) is 5.10 Å². The molecule has 0 saturated heterocycles. The fourth-order valence-electron chi connectivity index (χ4n) is 1.45. The number of carbonyl (C=O) groups is 1. The summed E-state index contributed by atoms with van der Waals surface area (Å²) in [7, 11) is 0. The molecular weight excluding hydrogens is 250 g/mol. The van der Waals surface area contributed by atoms with Crippen LogP contribution in [0.5, 0.6) is 0 Å². The van der Waals surface area contributed by atoms with E-state index in [0.717, 1.165) is 12.8 Å². The van der Waals surface area contributed by atoms with E-state index in [1.54, 1.807) is 0 Å². The van der Waals surface area contributed by atoms with Crippen LogP contribution in [0.25, 0.3) is 0 Å². The number of hydrogen-bond donors (Lipinski definition) is 3. The van der Waals surface area contributed by atoms with Gasteiger partial charge >= 0.3 is 0 Å². The number of nitrogens with zero attached hydrogens (tertiary/aromatic N) is 2. The number of nitrogens with one attached hydrogen (secondary N) is 1. The zero-order valence-electron chi connectivity index (χ0n) is 10.9. The van der Waals surface area contributed by atoms with Crippen LogP contribution in [-0.2, 0) is 6.54 Å². The maximum absolute atomic E-state index is 11.8. The first kappa shape index (κ1) is 15.3. The lowest BCUT2D eigenvalue weighted by molar-refractivity contribution is 0.0872. The van der Waals surface area contributed by atoms with Crippen molar-refractivity contribution in [3.63, 3.8) is 0 Å². The van der Waals surface area contributed by atoms with Crippen LogP contribution in [-0.4, -0.2) is 45.2 Å². The number of rotatable bonds is 7. The van der Waals surface area contributed by atoms with E-state index in [1.807, 2.05) is 6.92 Å². The van der Waals surface area contributed by atoms with E-state index in [-0.39, 0.29) is 24.5 Å². The highest BCUT2D eigenvalue weighted by Crippen LogP contribution is 1.95. The molecule has 1 aromatic rings.